The molecule has 0 fully saturated rings. The van der Waals surface area contributed by atoms with Gasteiger partial charge in [0.1, 0.15) is 0 Å². The molecular weight excluding hydrogens is 524 g/mol. The fourth-order valence-electron chi connectivity index (χ4n) is 5.45. The van der Waals surface area contributed by atoms with Gasteiger partial charge in [0.15, 0.2) is 8.24 Å². The molecule has 160 valence electrons. The molecule has 4 nitrogen and oxygen atoms in total. The molecule has 0 bridgehead atoms. The number of rotatable bonds is 6. The quantitative estimate of drug-likeness (QED) is 0.174. The number of aromatic nitrogens is 1. The molecule has 0 saturated carbocycles. The summed E-state index contributed by atoms with van der Waals surface area (Å²) in [6.07, 6.45) is 2.19. The average molecular weight is 552 g/mol. The molecule has 0 amide bonds. The maximum absolute atomic E-state index is 11.8. The zero-order valence-electron chi connectivity index (χ0n) is 18.2. The Kier molecular flexibility index (Phi) is 6.65. The molecule has 0 aliphatic carbocycles. The van der Waals surface area contributed by atoms with Gasteiger partial charge in [-0.3, -0.25) is 10.1 Å². The van der Waals surface area contributed by atoms with Crippen molar-refractivity contribution >= 4 is 56.7 Å². The van der Waals surface area contributed by atoms with Crippen LogP contribution in [0.25, 0.3) is 22.0 Å². The van der Waals surface area contributed by atoms with Crippen LogP contribution in [0.1, 0.15) is 41.5 Å². The number of halogens is 2. The van der Waals surface area contributed by atoms with Crippen LogP contribution in [0.4, 0.5) is 5.69 Å². The first kappa shape index (κ1) is 23.2. The van der Waals surface area contributed by atoms with Crippen LogP contribution >= 0.6 is 31.9 Å². The molecule has 30 heavy (non-hydrogen) atoms. The van der Waals surface area contributed by atoms with Crippen LogP contribution in [-0.4, -0.2) is 17.4 Å². The molecule has 0 radical (unpaired) electrons. The van der Waals surface area contributed by atoms with E-state index in [1.165, 1.54) is 0 Å². The Morgan fingerprint density at radius 2 is 1.40 bits per heavy atom. The normalized spacial score (nSPS) is 12.5. The predicted octanol–water partition coefficient (Wildman–Crippen LogP) is 8.77. The third-order valence-electron chi connectivity index (χ3n) is 6.41. The Labute approximate surface area is 196 Å². The molecule has 0 N–H and O–H groups in total. The highest BCUT2D eigenvalue weighted by molar-refractivity contribution is 9.10. The van der Waals surface area contributed by atoms with E-state index in [0.717, 1.165) is 20.9 Å². The number of hydrogen-bond acceptors (Lipinski definition) is 2. The maximum Gasteiger partial charge on any atom is 0.278 e. The molecule has 0 unspecified atom stereocenters. The summed E-state index contributed by atoms with van der Waals surface area (Å²) in [4.78, 5) is 11.6. The molecule has 0 aliphatic rings. The Bertz CT molecular complexity index is 1080. The number of hydrogen-bond donors (Lipinski definition) is 0. The highest BCUT2D eigenvalue weighted by atomic mass is 79.9. The van der Waals surface area contributed by atoms with E-state index in [0.29, 0.717) is 26.7 Å². The van der Waals surface area contributed by atoms with Crippen LogP contribution < -0.4 is 0 Å². The number of fused-ring (bicyclic) bond motifs is 1. The van der Waals surface area contributed by atoms with Crippen molar-refractivity contribution in [2.24, 2.45) is 0 Å². The van der Waals surface area contributed by atoms with E-state index in [-0.39, 0.29) is 10.6 Å². The largest absolute Gasteiger partial charge is 0.373 e. The monoisotopic (exact) mass is 550 g/mol. The summed E-state index contributed by atoms with van der Waals surface area (Å²) in [6.45, 7) is 14.0. The third-order valence-corrected chi connectivity index (χ3v) is 14.1. The molecule has 0 atom stereocenters. The summed E-state index contributed by atoms with van der Waals surface area (Å²) in [5.41, 5.74) is 4.40. The smallest absolute Gasteiger partial charge is 0.278 e. The van der Waals surface area contributed by atoms with Crippen LogP contribution in [0.5, 0.6) is 0 Å². The van der Waals surface area contributed by atoms with Crippen molar-refractivity contribution in [2.45, 2.75) is 58.2 Å². The van der Waals surface area contributed by atoms with Gasteiger partial charge in [-0.2, -0.15) is 0 Å². The lowest BCUT2D eigenvalue weighted by Gasteiger charge is -2.44. The molecule has 1 aromatic heterocycles. The van der Waals surface area contributed by atoms with Crippen LogP contribution in [0, 0.1) is 10.1 Å². The molecule has 3 rings (SSSR count). The predicted molar refractivity (Wildman–Crippen MR) is 136 cm³/mol. The summed E-state index contributed by atoms with van der Waals surface area (Å²) in [7, 11) is -2.04. The van der Waals surface area contributed by atoms with Gasteiger partial charge in [-0.05, 0) is 40.9 Å². The summed E-state index contributed by atoms with van der Waals surface area (Å²) >= 11 is 7.03. The minimum Gasteiger partial charge on any atom is -0.373 e. The fourth-order valence-corrected chi connectivity index (χ4v) is 12.8. The molecule has 0 spiro atoms. The average Bonchev–Trinajstić information content (AvgIpc) is 3.00. The van der Waals surface area contributed by atoms with Gasteiger partial charge in [0.25, 0.3) is 5.69 Å². The molecule has 7 heteroatoms. The molecular formula is C23H28Br2N2O2Si. The third kappa shape index (κ3) is 3.69. The molecule has 2 aromatic carbocycles. The zero-order valence-corrected chi connectivity index (χ0v) is 22.4. The second kappa shape index (κ2) is 8.59. The Morgan fingerprint density at radius 1 is 0.867 bits per heavy atom. The Balaban J connectivity index is 2.46. The van der Waals surface area contributed by atoms with Gasteiger partial charge in [-0.25, -0.2) is 0 Å². The minimum atomic E-state index is -2.04. The summed E-state index contributed by atoms with van der Waals surface area (Å²) in [6, 6.07) is 11.6. The van der Waals surface area contributed by atoms with Crippen molar-refractivity contribution in [2.75, 3.05) is 0 Å². The molecule has 0 saturated heterocycles. The van der Waals surface area contributed by atoms with Crippen molar-refractivity contribution in [3.8, 4) is 11.1 Å². The Hall–Kier alpha value is -1.44. The molecule has 1 heterocycles. The van der Waals surface area contributed by atoms with Crippen LogP contribution in [0.3, 0.4) is 0 Å². The van der Waals surface area contributed by atoms with Crippen molar-refractivity contribution in [3.63, 3.8) is 0 Å². The lowest BCUT2D eigenvalue weighted by molar-refractivity contribution is -0.384. The van der Waals surface area contributed by atoms with Gasteiger partial charge in [-0.15, -0.1) is 0 Å². The fraction of sp³-hybridized carbons (Fsp3) is 0.391. The van der Waals surface area contributed by atoms with Crippen LogP contribution in [0.2, 0.25) is 16.6 Å². The van der Waals surface area contributed by atoms with E-state index in [2.05, 4.69) is 96.0 Å². The first-order valence-corrected chi connectivity index (χ1v) is 14.0. The topological polar surface area (TPSA) is 48.1 Å². The van der Waals surface area contributed by atoms with Gasteiger partial charge >= 0.3 is 0 Å². The van der Waals surface area contributed by atoms with Gasteiger partial charge in [-0.1, -0.05) is 79.5 Å². The number of benzene rings is 2. The summed E-state index contributed by atoms with van der Waals surface area (Å²) in [5.74, 6) is 0. The number of nitrogens with zero attached hydrogens (tertiary/aromatic N) is 2. The Morgan fingerprint density at radius 3 is 1.93 bits per heavy atom. The summed E-state index contributed by atoms with van der Waals surface area (Å²) < 4.78 is 4.25. The minimum absolute atomic E-state index is 0.122. The van der Waals surface area contributed by atoms with Crippen molar-refractivity contribution < 1.29 is 4.92 Å². The number of nitro benzene ring substituents is 1. The lowest BCUT2D eigenvalue weighted by Crippen LogP contribution is -2.51. The van der Waals surface area contributed by atoms with Gasteiger partial charge in [0, 0.05) is 37.7 Å². The molecule has 0 aliphatic heterocycles. The van der Waals surface area contributed by atoms with Crippen molar-refractivity contribution in [1.29, 1.82) is 0 Å². The van der Waals surface area contributed by atoms with Gasteiger partial charge in [0.2, 0.25) is 0 Å². The lowest BCUT2D eigenvalue weighted by atomic mass is 10.0. The second-order valence-corrected chi connectivity index (χ2v) is 16.4. The van der Waals surface area contributed by atoms with E-state index in [9.17, 15) is 10.1 Å². The van der Waals surface area contributed by atoms with Crippen LogP contribution in [0.15, 0.2) is 51.5 Å². The molecule has 3 aromatic rings. The van der Waals surface area contributed by atoms with E-state index >= 15 is 0 Å². The van der Waals surface area contributed by atoms with E-state index in [1.807, 2.05) is 18.2 Å². The zero-order chi connectivity index (χ0) is 22.4. The highest BCUT2D eigenvalue weighted by Crippen LogP contribution is 2.47. The van der Waals surface area contributed by atoms with Crippen molar-refractivity contribution in [3.05, 3.63) is 61.7 Å². The highest BCUT2D eigenvalue weighted by Gasteiger charge is 2.46. The van der Waals surface area contributed by atoms with E-state index < -0.39 is 8.24 Å². The second-order valence-electron chi connectivity index (χ2n) is 8.84. The standard InChI is InChI=1S/C23H28Br2N2O2Si/c1-14(2)30(15(3)4,16(5)6)26-13-21(19-9-7-17(24)11-22(19)26)20-10-8-18(25)12-23(20)27(28)29/h7-16H,1-6H3. The van der Waals surface area contributed by atoms with Gasteiger partial charge in [0.05, 0.1) is 10.5 Å². The SMILES string of the molecule is CC(C)[Si](C(C)C)(C(C)C)n1cc(-c2ccc(Br)cc2[N+](=O)[O-])c2ccc(Br)cc21. The van der Waals surface area contributed by atoms with Gasteiger partial charge < -0.3 is 4.23 Å². The first-order valence-electron chi connectivity index (χ1n) is 10.3. The number of nitro groups is 1. The van der Waals surface area contributed by atoms with Crippen molar-refractivity contribution in [1.82, 2.24) is 4.23 Å². The van der Waals surface area contributed by atoms with E-state index in [4.69, 9.17) is 0 Å². The summed E-state index contributed by atoms with van der Waals surface area (Å²) in [5, 5.41) is 12.9. The van der Waals surface area contributed by atoms with E-state index in [1.54, 1.807) is 6.07 Å². The maximum atomic E-state index is 11.8. The first-order chi connectivity index (χ1) is 14.0. The van der Waals surface area contributed by atoms with Crippen LogP contribution in [-0.2, 0) is 0 Å².